The van der Waals surface area contributed by atoms with E-state index < -0.39 is 104 Å². The van der Waals surface area contributed by atoms with Gasteiger partial charge in [-0.2, -0.15) is 0 Å². The van der Waals surface area contributed by atoms with Crippen LogP contribution in [0.1, 0.15) is 85.1 Å². The third kappa shape index (κ3) is 15.9. The number of amides is 2. The Morgan fingerprint density at radius 2 is 1.25 bits per heavy atom. The van der Waals surface area contributed by atoms with Crippen molar-refractivity contribution in [1.29, 1.82) is 0 Å². The van der Waals surface area contributed by atoms with Crippen molar-refractivity contribution >= 4 is 35.7 Å². The van der Waals surface area contributed by atoms with Gasteiger partial charge >= 0.3 is 23.9 Å². The van der Waals surface area contributed by atoms with Crippen molar-refractivity contribution in [1.82, 2.24) is 10.6 Å². The quantitative estimate of drug-likeness (QED) is 0.0861. The number of rotatable bonds is 22. The number of carbonyl (C=O) groups is 6. The number of benzene rings is 1. The Hall–Kier alpha value is -4.20. The van der Waals surface area contributed by atoms with E-state index in [-0.39, 0.29) is 19.2 Å². The van der Waals surface area contributed by atoms with Crippen LogP contribution in [0, 0.1) is 0 Å². The predicted molar refractivity (Wildman–Crippen MR) is 198 cm³/mol. The number of carbonyl (C=O) groups excluding carboxylic acids is 6. The van der Waals surface area contributed by atoms with Crippen molar-refractivity contribution in [3.05, 3.63) is 35.9 Å². The summed E-state index contributed by atoms with van der Waals surface area (Å²) in [4.78, 5) is 73.2. The molecule has 3 rings (SSSR count). The Labute approximate surface area is 332 Å². The van der Waals surface area contributed by atoms with Crippen molar-refractivity contribution in [3.8, 4) is 0 Å². The number of hydrogen-bond donors (Lipinski definition) is 3. The number of methoxy groups -OCH3 is 1. The fraction of sp³-hybridized carbons (Fsp3) is 0.692. The third-order valence-corrected chi connectivity index (χ3v) is 9.13. The van der Waals surface area contributed by atoms with Gasteiger partial charge in [0.15, 0.2) is 24.8 Å². The maximum absolute atomic E-state index is 12.7. The maximum atomic E-state index is 12.7. The molecular formula is C39H58N2O16. The summed E-state index contributed by atoms with van der Waals surface area (Å²) in [6, 6.07) is 6.85. The number of unbranched alkanes of at least 4 members (excludes halogenated alkanes) is 5. The number of hydrogen-bond acceptors (Lipinski definition) is 16. The molecule has 0 spiro atoms. The Balaban J connectivity index is 1.94. The van der Waals surface area contributed by atoms with E-state index in [0.29, 0.717) is 12.8 Å². The van der Waals surface area contributed by atoms with Gasteiger partial charge in [-0.3, -0.25) is 28.8 Å². The minimum Gasteiger partial charge on any atom is -0.469 e. The van der Waals surface area contributed by atoms with Crippen molar-refractivity contribution in [2.75, 3.05) is 26.9 Å². The number of ether oxygens (including phenoxy) is 9. The first kappa shape index (κ1) is 47.2. The minimum atomic E-state index is -1.53. The molecule has 1 aromatic carbocycles. The zero-order valence-corrected chi connectivity index (χ0v) is 33.5. The highest BCUT2D eigenvalue weighted by Crippen LogP contribution is 2.34. The van der Waals surface area contributed by atoms with Crippen LogP contribution in [0.25, 0.3) is 0 Å². The molecule has 0 bridgehead atoms. The average Bonchev–Trinajstić information content (AvgIpc) is 3.15. The Morgan fingerprint density at radius 1 is 0.667 bits per heavy atom. The second-order valence-electron chi connectivity index (χ2n) is 13.9. The molecule has 0 radical (unpaired) electrons. The maximum Gasteiger partial charge on any atom is 0.305 e. The molecule has 18 heteroatoms. The number of esters is 4. The summed E-state index contributed by atoms with van der Waals surface area (Å²) in [5.41, 5.74) is 0.777. The molecule has 2 saturated heterocycles. The summed E-state index contributed by atoms with van der Waals surface area (Å²) < 4.78 is 52.8. The van der Waals surface area contributed by atoms with Crippen LogP contribution in [0.2, 0.25) is 0 Å². The van der Waals surface area contributed by atoms with E-state index in [1.807, 2.05) is 30.3 Å². The van der Waals surface area contributed by atoms with Gasteiger partial charge in [-0.1, -0.05) is 56.0 Å². The zero-order chi connectivity index (χ0) is 41.9. The Kier molecular flexibility index (Phi) is 20.3. The van der Waals surface area contributed by atoms with Gasteiger partial charge in [0.25, 0.3) is 0 Å². The SMILES string of the molecule is COC(=O)CCCCCCCCOC1OC(CO)C(OC2OC(COC(C)=O)C(OC(C)=O)C(OC(C)=O)C2NC(C)=O)C(OCc2ccccc2)C1NC(C)=O. The number of nitrogens with one attached hydrogen (secondary N) is 2. The van der Waals surface area contributed by atoms with Crippen LogP contribution in [-0.4, -0.2) is 129 Å². The summed E-state index contributed by atoms with van der Waals surface area (Å²) in [5.74, 6) is -3.50. The summed E-state index contributed by atoms with van der Waals surface area (Å²) in [6.07, 6.45) is -4.86. The lowest BCUT2D eigenvalue weighted by molar-refractivity contribution is -0.337. The molecule has 0 aliphatic carbocycles. The van der Waals surface area contributed by atoms with Crippen LogP contribution in [0.15, 0.2) is 30.3 Å². The molecule has 10 unspecified atom stereocenters. The van der Waals surface area contributed by atoms with E-state index in [1.165, 1.54) is 21.0 Å². The van der Waals surface area contributed by atoms with Crippen molar-refractivity contribution in [2.45, 2.75) is 147 Å². The van der Waals surface area contributed by atoms with Crippen molar-refractivity contribution < 1.29 is 76.5 Å². The number of aliphatic hydroxyl groups excluding tert-OH is 1. The molecule has 2 aliphatic rings. The van der Waals surface area contributed by atoms with E-state index in [1.54, 1.807) is 0 Å². The minimum absolute atomic E-state index is 0.0304. The van der Waals surface area contributed by atoms with Crippen molar-refractivity contribution in [2.24, 2.45) is 0 Å². The van der Waals surface area contributed by atoms with Crippen LogP contribution in [0.3, 0.4) is 0 Å². The standard InChI is InChI=1S/C39H58N2O16/c1-23(43)40-32-36(52-21-28-16-12-11-13-17-28)34(29(20-42)55-38(32)50-19-15-10-8-7-9-14-18-31(48)49-6)57-39-33(41-24(2)44)37(54-27(5)47)35(53-26(4)46)30(56-39)22-51-25(3)45/h11-13,16-17,29-30,32-39,42H,7-10,14-15,18-22H2,1-6H3,(H,40,43)(H,41,44). The highest BCUT2D eigenvalue weighted by molar-refractivity contribution is 5.74. The first-order valence-corrected chi connectivity index (χ1v) is 19.2. The molecule has 2 fully saturated rings. The first-order valence-electron chi connectivity index (χ1n) is 19.2. The molecule has 2 amide bonds. The predicted octanol–water partition coefficient (Wildman–Crippen LogP) is 1.76. The lowest BCUT2D eigenvalue weighted by atomic mass is 9.94. The van der Waals surface area contributed by atoms with Crippen LogP contribution < -0.4 is 10.6 Å². The average molecular weight is 811 g/mol. The normalized spacial score (nSPS) is 27.1. The fourth-order valence-corrected chi connectivity index (χ4v) is 6.65. The molecule has 0 saturated carbocycles. The molecule has 10 atom stereocenters. The fourth-order valence-electron chi connectivity index (χ4n) is 6.65. The van der Waals surface area contributed by atoms with Gasteiger partial charge in [0.2, 0.25) is 11.8 Å². The molecule has 1 aromatic rings. The van der Waals surface area contributed by atoms with Gasteiger partial charge in [-0.05, 0) is 18.4 Å². The Bertz CT molecular complexity index is 1450. The number of aliphatic hydroxyl groups is 1. The van der Waals surface area contributed by atoms with Gasteiger partial charge < -0.3 is 58.4 Å². The van der Waals surface area contributed by atoms with E-state index >= 15 is 0 Å². The van der Waals surface area contributed by atoms with Crippen LogP contribution in [0.5, 0.6) is 0 Å². The molecule has 320 valence electrons. The molecule has 3 N–H and O–H groups in total. The zero-order valence-electron chi connectivity index (χ0n) is 33.5. The summed E-state index contributed by atoms with van der Waals surface area (Å²) >= 11 is 0. The van der Waals surface area contributed by atoms with Crippen LogP contribution >= 0.6 is 0 Å². The molecule has 0 aromatic heterocycles. The van der Waals surface area contributed by atoms with Crippen molar-refractivity contribution in [3.63, 3.8) is 0 Å². The van der Waals surface area contributed by atoms with Crippen LogP contribution in [0.4, 0.5) is 0 Å². The highest BCUT2D eigenvalue weighted by Gasteiger charge is 2.55. The Morgan fingerprint density at radius 3 is 1.82 bits per heavy atom. The molecule has 18 nitrogen and oxygen atoms in total. The first-order chi connectivity index (χ1) is 27.2. The monoisotopic (exact) mass is 810 g/mol. The second kappa shape index (κ2) is 24.5. The van der Waals surface area contributed by atoms with Crippen LogP contribution in [-0.2, 0) is 78.0 Å². The smallest absolute Gasteiger partial charge is 0.305 e. The molecule has 57 heavy (non-hydrogen) atoms. The third-order valence-electron chi connectivity index (χ3n) is 9.13. The van der Waals surface area contributed by atoms with Gasteiger partial charge in [-0.25, -0.2) is 0 Å². The van der Waals surface area contributed by atoms with Gasteiger partial charge in [0.05, 0.1) is 20.3 Å². The summed E-state index contributed by atoms with van der Waals surface area (Å²) in [5, 5.41) is 16.3. The molecular weight excluding hydrogens is 752 g/mol. The molecule has 2 heterocycles. The lowest BCUT2D eigenvalue weighted by Crippen LogP contribution is -2.70. The largest absolute Gasteiger partial charge is 0.469 e. The van der Waals surface area contributed by atoms with Gasteiger partial charge in [-0.15, -0.1) is 0 Å². The van der Waals surface area contributed by atoms with E-state index in [9.17, 15) is 33.9 Å². The highest BCUT2D eigenvalue weighted by atomic mass is 16.7. The van der Waals surface area contributed by atoms with E-state index in [4.69, 9.17) is 37.9 Å². The van der Waals surface area contributed by atoms with E-state index in [0.717, 1.165) is 58.4 Å². The van der Waals surface area contributed by atoms with Gasteiger partial charge in [0.1, 0.15) is 43.1 Å². The van der Waals surface area contributed by atoms with E-state index in [2.05, 4.69) is 15.4 Å². The lowest BCUT2D eigenvalue weighted by Gasteiger charge is -2.50. The summed E-state index contributed by atoms with van der Waals surface area (Å²) in [7, 11) is 1.37. The molecule has 2 aliphatic heterocycles. The van der Waals surface area contributed by atoms with Gasteiger partial charge in [0, 0.05) is 47.6 Å². The topological polar surface area (TPSA) is 230 Å². The summed E-state index contributed by atoms with van der Waals surface area (Å²) in [6.45, 7) is 5.13. The second-order valence-corrected chi connectivity index (χ2v) is 13.9.